The summed E-state index contributed by atoms with van der Waals surface area (Å²) in [4.78, 5) is 13.4. The summed E-state index contributed by atoms with van der Waals surface area (Å²) in [6.07, 6.45) is -3.46. The lowest BCUT2D eigenvalue weighted by molar-refractivity contribution is -0.00266. The van der Waals surface area contributed by atoms with Crippen molar-refractivity contribution in [2.75, 3.05) is 25.2 Å². The first-order valence-corrected chi connectivity index (χ1v) is 10.1. The van der Waals surface area contributed by atoms with Crippen molar-refractivity contribution in [3.8, 4) is 0 Å². The average Bonchev–Trinajstić information content (AvgIpc) is 2.63. The molecule has 8 nitrogen and oxygen atoms in total. The molecule has 9 heteroatoms. The third-order valence-corrected chi connectivity index (χ3v) is 5.76. The molecule has 3 N–H and O–H groups in total. The lowest BCUT2D eigenvalue weighted by atomic mass is 10.2. The van der Waals surface area contributed by atoms with E-state index in [0.29, 0.717) is 0 Å². The van der Waals surface area contributed by atoms with E-state index in [2.05, 4.69) is 0 Å². The molecule has 0 saturated carbocycles. The Kier molecular flexibility index (Phi) is 9.00. The highest BCUT2D eigenvalue weighted by atomic mass is 32.2. The highest BCUT2D eigenvalue weighted by molar-refractivity contribution is 7.91. The second-order valence-corrected chi connectivity index (χ2v) is 8.45. The molecule has 0 heterocycles. The Bertz CT molecular complexity index is 650. The van der Waals surface area contributed by atoms with E-state index in [9.17, 15) is 23.4 Å². The zero-order valence-corrected chi connectivity index (χ0v) is 15.8. The van der Waals surface area contributed by atoms with Gasteiger partial charge in [-0.3, -0.25) is 0 Å². The van der Waals surface area contributed by atoms with Crippen LogP contribution in [0.2, 0.25) is 0 Å². The summed E-state index contributed by atoms with van der Waals surface area (Å²) in [5.74, 6) is -0.913. The molecule has 0 saturated heterocycles. The number of hydrogen-bond donors (Lipinski definition) is 3. The van der Waals surface area contributed by atoms with Crippen molar-refractivity contribution >= 4 is 15.9 Å². The summed E-state index contributed by atoms with van der Waals surface area (Å²) < 4.78 is 29.2. The Balaban J connectivity index is 2.45. The van der Waals surface area contributed by atoms with Crippen LogP contribution in [0, 0.1) is 0 Å². The molecule has 1 aromatic rings. The van der Waals surface area contributed by atoms with Crippen molar-refractivity contribution in [1.29, 1.82) is 0 Å². The van der Waals surface area contributed by atoms with Crippen LogP contribution < -0.4 is 0 Å². The third-order valence-electron chi connectivity index (χ3n) is 4.06. The molecule has 0 bridgehead atoms. The molecule has 0 spiro atoms. The van der Waals surface area contributed by atoms with Gasteiger partial charge >= 0.3 is 6.09 Å². The SMILES string of the molecule is CC(CCS(=O)(=O)CC(O)C(O)CO)N(C)C(=O)OCc1ccccc1. The van der Waals surface area contributed by atoms with E-state index in [4.69, 9.17) is 9.84 Å². The number of amides is 1. The van der Waals surface area contributed by atoms with E-state index in [0.717, 1.165) is 5.56 Å². The van der Waals surface area contributed by atoms with Crippen LogP contribution in [-0.4, -0.2) is 78.1 Å². The minimum absolute atomic E-state index is 0.125. The number of carbonyl (C=O) groups excluding carboxylic acids is 1. The molecule has 0 aliphatic rings. The quantitative estimate of drug-likeness (QED) is 0.521. The van der Waals surface area contributed by atoms with Crippen LogP contribution in [0.15, 0.2) is 30.3 Å². The Morgan fingerprint density at radius 1 is 1.19 bits per heavy atom. The molecule has 0 radical (unpaired) electrons. The molecule has 1 amide bonds. The van der Waals surface area contributed by atoms with E-state index in [-0.39, 0.29) is 18.8 Å². The summed E-state index contributed by atoms with van der Waals surface area (Å²) in [5, 5.41) is 27.5. The first kappa shape index (κ1) is 22.4. The van der Waals surface area contributed by atoms with E-state index in [1.165, 1.54) is 11.9 Å². The molecule has 148 valence electrons. The van der Waals surface area contributed by atoms with Gasteiger partial charge in [0, 0.05) is 13.1 Å². The summed E-state index contributed by atoms with van der Waals surface area (Å²) >= 11 is 0. The Morgan fingerprint density at radius 2 is 1.81 bits per heavy atom. The lowest BCUT2D eigenvalue weighted by Crippen LogP contribution is -2.39. The molecular formula is C17H27NO7S. The van der Waals surface area contributed by atoms with Crippen LogP contribution >= 0.6 is 0 Å². The zero-order valence-electron chi connectivity index (χ0n) is 15.0. The molecule has 0 fully saturated rings. The van der Waals surface area contributed by atoms with Crippen molar-refractivity contribution in [3.63, 3.8) is 0 Å². The number of aliphatic hydroxyl groups is 3. The predicted molar refractivity (Wildman–Crippen MR) is 96.2 cm³/mol. The van der Waals surface area contributed by atoms with Crippen LogP contribution in [0.25, 0.3) is 0 Å². The van der Waals surface area contributed by atoms with Crippen molar-refractivity contribution in [2.45, 2.75) is 38.2 Å². The van der Waals surface area contributed by atoms with Crippen LogP contribution in [0.1, 0.15) is 18.9 Å². The fourth-order valence-electron chi connectivity index (χ4n) is 2.12. The van der Waals surface area contributed by atoms with Gasteiger partial charge < -0.3 is 25.0 Å². The minimum Gasteiger partial charge on any atom is -0.445 e. The van der Waals surface area contributed by atoms with Gasteiger partial charge in [-0.2, -0.15) is 0 Å². The number of carbonyl (C=O) groups is 1. The smallest absolute Gasteiger partial charge is 0.410 e. The van der Waals surface area contributed by atoms with Gasteiger partial charge in [-0.25, -0.2) is 13.2 Å². The van der Waals surface area contributed by atoms with Crippen molar-refractivity contribution in [3.05, 3.63) is 35.9 Å². The van der Waals surface area contributed by atoms with Gasteiger partial charge in [0.25, 0.3) is 0 Å². The van der Waals surface area contributed by atoms with Gasteiger partial charge in [0.1, 0.15) is 12.7 Å². The van der Waals surface area contributed by atoms with Crippen molar-refractivity contribution in [2.24, 2.45) is 0 Å². The first-order chi connectivity index (χ1) is 12.2. The lowest BCUT2D eigenvalue weighted by Gasteiger charge is -2.24. The highest BCUT2D eigenvalue weighted by Gasteiger charge is 2.25. The normalized spacial score (nSPS) is 15.1. The largest absolute Gasteiger partial charge is 0.445 e. The van der Waals surface area contributed by atoms with Gasteiger partial charge in [0.15, 0.2) is 9.84 Å². The van der Waals surface area contributed by atoms with Crippen molar-refractivity contribution in [1.82, 2.24) is 4.90 Å². The summed E-state index contributed by atoms with van der Waals surface area (Å²) in [5.41, 5.74) is 0.848. The monoisotopic (exact) mass is 389 g/mol. The Hall–Kier alpha value is -1.68. The summed E-state index contributed by atoms with van der Waals surface area (Å²) in [6.45, 7) is 1.10. The van der Waals surface area contributed by atoms with E-state index < -0.39 is 46.5 Å². The van der Waals surface area contributed by atoms with Gasteiger partial charge in [0.05, 0.1) is 24.2 Å². The van der Waals surface area contributed by atoms with Crippen LogP contribution in [0.4, 0.5) is 4.79 Å². The van der Waals surface area contributed by atoms with Crippen molar-refractivity contribution < 1.29 is 33.3 Å². The Labute approximate surface area is 153 Å². The standard InChI is InChI=1S/C17H27NO7S/c1-13(8-9-26(23,24)12-16(21)15(20)10-19)18(2)17(22)25-11-14-6-4-3-5-7-14/h3-7,13,15-16,19-21H,8-12H2,1-2H3. The molecule has 0 aliphatic carbocycles. The molecule has 3 unspecified atom stereocenters. The molecule has 0 aliphatic heterocycles. The maximum atomic E-state index is 12.0. The number of benzene rings is 1. The predicted octanol–water partition coefficient (Wildman–Crippen LogP) is 0.162. The highest BCUT2D eigenvalue weighted by Crippen LogP contribution is 2.10. The maximum absolute atomic E-state index is 12.0. The second kappa shape index (κ2) is 10.5. The number of nitrogens with zero attached hydrogens (tertiary/aromatic N) is 1. The second-order valence-electron chi connectivity index (χ2n) is 6.22. The van der Waals surface area contributed by atoms with Crippen LogP contribution in [0.3, 0.4) is 0 Å². The number of hydrogen-bond acceptors (Lipinski definition) is 7. The molecular weight excluding hydrogens is 362 g/mol. The number of sulfone groups is 1. The first-order valence-electron chi connectivity index (χ1n) is 8.27. The maximum Gasteiger partial charge on any atom is 0.410 e. The van der Waals surface area contributed by atoms with E-state index in [1.807, 2.05) is 30.3 Å². The van der Waals surface area contributed by atoms with Crippen LogP contribution in [-0.2, 0) is 21.2 Å². The number of aliphatic hydroxyl groups excluding tert-OH is 3. The zero-order chi connectivity index (χ0) is 19.7. The van der Waals surface area contributed by atoms with Gasteiger partial charge in [0.2, 0.25) is 0 Å². The van der Waals surface area contributed by atoms with E-state index in [1.54, 1.807) is 6.92 Å². The fraction of sp³-hybridized carbons (Fsp3) is 0.588. The van der Waals surface area contributed by atoms with Crippen LogP contribution in [0.5, 0.6) is 0 Å². The molecule has 1 rings (SSSR count). The molecule has 3 atom stereocenters. The topological polar surface area (TPSA) is 124 Å². The third kappa shape index (κ3) is 7.69. The number of rotatable bonds is 10. The van der Waals surface area contributed by atoms with E-state index >= 15 is 0 Å². The number of ether oxygens (including phenoxy) is 1. The van der Waals surface area contributed by atoms with Gasteiger partial charge in [-0.05, 0) is 18.9 Å². The molecule has 1 aromatic carbocycles. The Morgan fingerprint density at radius 3 is 2.38 bits per heavy atom. The molecule has 0 aromatic heterocycles. The average molecular weight is 389 g/mol. The fourth-order valence-corrected chi connectivity index (χ4v) is 3.73. The van der Waals surface area contributed by atoms with Gasteiger partial charge in [-0.15, -0.1) is 0 Å². The minimum atomic E-state index is -3.65. The molecule has 26 heavy (non-hydrogen) atoms. The summed E-state index contributed by atoms with van der Waals surface area (Å²) in [6, 6.07) is 8.79. The van der Waals surface area contributed by atoms with Gasteiger partial charge in [-0.1, -0.05) is 30.3 Å². The summed E-state index contributed by atoms with van der Waals surface area (Å²) in [7, 11) is -2.12.